The number of aliphatic carboxylic acids is 2. The van der Waals surface area contributed by atoms with Crippen molar-refractivity contribution in [2.45, 2.75) is 19.0 Å². The second-order valence-electron chi connectivity index (χ2n) is 6.67. The van der Waals surface area contributed by atoms with Crippen LogP contribution in [0.2, 0.25) is 0 Å². The highest BCUT2D eigenvalue weighted by Gasteiger charge is 2.40. The summed E-state index contributed by atoms with van der Waals surface area (Å²) in [5.74, 6) is -0.584. The Balaban J connectivity index is 0.000000242. The van der Waals surface area contributed by atoms with Crippen LogP contribution in [0.25, 0.3) is 0 Å². The van der Waals surface area contributed by atoms with Crippen LogP contribution in [-0.2, 0) is 9.59 Å². The molecular formula is C21H22N2O5. The number of para-hydroxylation sites is 3. The Labute approximate surface area is 163 Å². The third kappa shape index (κ3) is 3.99. The first kappa shape index (κ1) is 19.4. The molecule has 7 nitrogen and oxygen atoms in total. The summed E-state index contributed by atoms with van der Waals surface area (Å²) in [6.07, 6.45) is 1.12. The molecule has 0 aromatic heterocycles. The van der Waals surface area contributed by atoms with E-state index in [2.05, 4.69) is 60.2 Å². The molecule has 0 aliphatic carbocycles. The minimum Gasteiger partial charge on any atom is -0.478 e. The van der Waals surface area contributed by atoms with E-state index in [1.165, 1.54) is 11.3 Å². The lowest BCUT2D eigenvalue weighted by atomic mass is 9.99. The number of rotatable bonds is 2. The van der Waals surface area contributed by atoms with Crippen LogP contribution in [0.3, 0.4) is 0 Å². The maximum atomic E-state index is 9.55. The van der Waals surface area contributed by atoms with Crippen molar-refractivity contribution in [1.82, 2.24) is 4.90 Å². The fraction of sp³-hybridized carbons (Fsp3) is 0.238. The van der Waals surface area contributed by atoms with Gasteiger partial charge < -0.3 is 19.8 Å². The molecule has 2 aliphatic rings. The number of likely N-dealkylation sites (N-methyl/N-ethyl adjacent to an activating group) is 1. The smallest absolute Gasteiger partial charge is 0.328 e. The summed E-state index contributed by atoms with van der Waals surface area (Å²) < 4.78 is 6.16. The van der Waals surface area contributed by atoms with Crippen molar-refractivity contribution in [1.29, 1.82) is 0 Å². The number of anilines is 1. The summed E-state index contributed by atoms with van der Waals surface area (Å²) in [5, 5.41) is 15.6. The monoisotopic (exact) mass is 382 g/mol. The molecule has 2 aromatic rings. The largest absolute Gasteiger partial charge is 0.478 e. The molecule has 146 valence electrons. The average Bonchev–Trinajstić information content (AvgIpc) is 2.88. The third-order valence-corrected chi connectivity index (χ3v) is 4.86. The summed E-state index contributed by atoms with van der Waals surface area (Å²) >= 11 is 0. The van der Waals surface area contributed by atoms with Gasteiger partial charge in [-0.25, -0.2) is 9.59 Å². The highest BCUT2D eigenvalue weighted by molar-refractivity contribution is 5.89. The van der Waals surface area contributed by atoms with Gasteiger partial charge >= 0.3 is 11.9 Å². The molecule has 2 unspecified atom stereocenters. The molecule has 1 fully saturated rings. The maximum Gasteiger partial charge on any atom is 0.328 e. The first-order chi connectivity index (χ1) is 13.4. The fourth-order valence-corrected chi connectivity index (χ4v) is 3.47. The van der Waals surface area contributed by atoms with Gasteiger partial charge in [-0.2, -0.15) is 0 Å². The summed E-state index contributed by atoms with van der Waals surface area (Å²) in [6, 6.07) is 17.5. The Bertz CT molecular complexity index is 895. The highest BCUT2D eigenvalue weighted by atomic mass is 16.5. The van der Waals surface area contributed by atoms with Crippen LogP contribution >= 0.6 is 0 Å². The third-order valence-electron chi connectivity index (χ3n) is 4.86. The molecule has 0 spiro atoms. The van der Waals surface area contributed by atoms with Gasteiger partial charge in [-0.1, -0.05) is 30.3 Å². The molecule has 1 saturated heterocycles. The number of hydrogen-bond acceptors (Lipinski definition) is 5. The zero-order chi connectivity index (χ0) is 20.3. The molecule has 2 aromatic carbocycles. The molecule has 0 radical (unpaired) electrons. The van der Waals surface area contributed by atoms with Crippen molar-refractivity contribution < 1.29 is 24.5 Å². The van der Waals surface area contributed by atoms with E-state index >= 15 is 0 Å². The number of carboxylic acid groups (broad SMARTS) is 2. The van der Waals surface area contributed by atoms with Gasteiger partial charge in [0, 0.05) is 23.8 Å². The van der Waals surface area contributed by atoms with E-state index in [4.69, 9.17) is 14.9 Å². The summed E-state index contributed by atoms with van der Waals surface area (Å²) in [7, 11) is 2.19. The zero-order valence-corrected chi connectivity index (χ0v) is 15.6. The maximum absolute atomic E-state index is 9.55. The van der Waals surface area contributed by atoms with E-state index in [0.717, 1.165) is 18.2 Å². The molecule has 2 N–H and O–H groups in total. The minimum absolute atomic E-state index is 0.347. The number of carbonyl (C=O) groups is 2. The Morgan fingerprint density at radius 1 is 1.00 bits per heavy atom. The van der Waals surface area contributed by atoms with E-state index in [1.807, 2.05) is 12.1 Å². The molecule has 2 aliphatic heterocycles. The number of fused-ring (bicyclic) bond motifs is 5. The highest BCUT2D eigenvalue weighted by Crippen LogP contribution is 2.48. The molecule has 28 heavy (non-hydrogen) atoms. The Kier molecular flexibility index (Phi) is 5.65. The Morgan fingerprint density at radius 3 is 2.21 bits per heavy atom. The first-order valence-corrected chi connectivity index (χ1v) is 8.85. The van der Waals surface area contributed by atoms with Crippen LogP contribution in [0, 0.1) is 0 Å². The first-order valence-electron chi connectivity index (χ1n) is 8.85. The summed E-state index contributed by atoms with van der Waals surface area (Å²) in [5.41, 5.74) is 2.46. The lowest BCUT2D eigenvalue weighted by Gasteiger charge is -2.26. The van der Waals surface area contributed by atoms with Crippen LogP contribution in [0.1, 0.15) is 18.5 Å². The summed E-state index contributed by atoms with van der Waals surface area (Å²) in [6.45, 7) is 3.22. The van der Waals surface area contributed by atoms with E-state index in [1.54, 1.807) is 0 Å². The van der Waals surface area contributed by atoms with Gasteiger partial charge in [-0.3, -0.25) is 4.90 Å². The number of ether oxygens (including phenoxy) is 1. The minimum atomic E-state index is -1.26. The van der Waals surface area contributed by atoms with Gasteiger partial charge in [-0.05, 0) is 32.2 Å². The molecule has 2 atom stereocenters. The van der Waals surface area contributed by atoms with Gasteiger partial charge in [0.1, 0.15) is 5.75 Å². The van der Waals surface area contributed by atoms with Crippen molar-refractivity contribution in [3.05, 3.63) is 66.2 Å². The molecule has 0 amide bonds. The predicted molar refractivity (Wildman–Crippen MR) is 105 cm³/mol. The Hall–Kier alpha value is -3.32. The van der Waals surface area contributed by atoms with Crippen molar-refractivity contribution >= 4 is 17.6 Å². The van der Waals surface area contributed by atoms with Crippen molar-refractivity contribution in [2.24, 2.45) is 0 Å². The second kappa shape index (κ2) is 8.14. The van der Waals surface area contributed by atoms with Crippen molar-refractivity contribution in [3.63, 3.8) is 0 Å². The SMILES string of the molecule is CC1C2c3ccccc3Oc3ccccc3N2CN1C.O=C(O)/C=C\C(=O)O. The lowest BCUT2D eigenvalue weighted by molar-refractivity contribution is -0.134. The molecule has 7 heteroatoms. The van der Waals surface area contributed by atoms with Crippen LogP contribution in [-0.4, -0.2) is 46.8 Å². The van der Waals surface area contributed by atoms with E-state index in [0.29, 0.717) is 24.2 Å². The van der Waals surface area contributed by atoms with E-state index < -0.39 is 11.9 Å². The average molecular weight is 382 g/mol. The van der Waals surface area contributed by atoms with Gasteiger partial charge in [0.05, 0.1) is 18.4 Å². The van der Waals surface area contributed by atoms with Crippen LogP contribution < -0.4 is 9.64 Å². The number of hydrogen-bond donors (Lipinski definition) is 2. The standard InChI is InChI=1S/C17H18N2O.C4H4O4/c1-12-17-13-7-3-5-9-15(13)20-16-10-6-4-8-14(16)19(17)11-18(12)2;5-3(6)1-2-4(7)8/h3-10,12,17H,11H2,1-2H3;1-2H,(H,5,6)(H,7,8)/b;2-1-. The van der Waals surface area contributed by atoms with Crippen LogP contribution in [0.4, 0.5) is 5.69 Å². The van der Waals surface area contributed by atoms with Crippen LogP contribution in [0.5, 0.6) is 11.5 Å². The van der Waals surface area contributed by atoms with Crippen molar-refractivity contribution in [3.8, 4) is 11.5 Å². The van der Waals surface area contributed by atoms with Gasteiger partial charge in [0.15, 0.2) is 5.75 Å². The molecule has 0 saturated carbocycles. The summed E-state index contributed by atoms with van der Waals surface area (Å²) in [4.78, 5) is 23.9. The number of carboxylic acids is 2. The molecule has 4 rings (SSSR count). The zero-order valence-electron chi connectivity index (χ0n) is 15.6. The molecule has 0 bridgehead atoms. The number of nitrogens with zero attached hydrogens (tertiary/aromatic N) is 2. The predicted octanol–water partition coefficient (Wildman–Crippen LogP) is 3.34. The van der Waals surface area contributed by atoms with E-state index in [9.17, 15) is 9.59 Å². The topological polar surface area (TPSA) is 90.3 Å². The normalized spacial score (nSPS) is 20.1. The van der Waals surface area contributed by atoms with Gasteiger partial charge in [-0.15, -0.1) is 0 Å². The quantitative estimate of drug-likeness (QED) is 0.770. The second-order valence-corrected chi connectivity index (χ2v) is 6.67. The van der Waals surface area contributed by atoms with Gasteiger partial charge in [0.2, 0.25) is 0 Å². The van der Waals surface area contributed by atoms with E-state index in [-0.39, 0.29) is 0 Å². The van der Waals surface area contributed by atoms with Gasteiger partial charge in [0.25, 0.3) is 0 Å². The van der Waals surface area contributed by atoms with Crippen molar-refractivity contribution in [2.75, 3.05) is 18.6 Å². The molecule has 2 heterocycles. The Morgan fingerprint density at radius 2 is 1.57 bits per heavy atom. The van der Waals surface area contributed by atoms with Crippen LogP contribution in [0.15, 0.2) is 60.7 Å². The molecular weight excluding hydrogens is 360 g/mol. The fourth-order valence-electron chi connectivity index (χ4n) is 3.47. The number of benzene rings is 2. The lowest BCUT2D eigenvalue weighted by Crippen LogP contribution is -2.25.